The third-order valence-electron chi connectivity index (χ3n) is 3.97. The maximum Gasteiger partial charge on any atom is 0.218 e. The van der Waals surface area contributed by atoms with E-state index in [1.54, 1.807) is 16.4 Å². The van der Waals surface area contributed by atoms with Crippen LogP contribution in [0.5, 0.6) is 0 Å². The standard InChI is InChI=1S/C14H14N4O3S/c1-22-9-4-2-8(3-5-9)13-15-16-17-18(13)10-6-11(19)14-20-7-12(10)21-14/h2-5,10,12,14H,6-7H2,1H3/t10-,12+,14-/m1/s1. The summed E-state index contributed by atoms with van der Waals surface area (Å²) in [7, 11) is 0. The van der Waals surface area contributed by atoms with E-state index in [-0.39, 0.29) is 17.9 Å². The lowest BCUT2D eigenvalue weighted by atomic mass is 10.0. The first-order valence-corrected chi connectivity index (χ1v) is 8.21. The highest BCUT2D eigenvalue weighted by atomic mass is 32.2. The van der Waals surface area contributed by atoms with Crippen LogP contribution in [0, 0.1) is 0 Å². The topological polar surface area (TPSA) is 79.1 Å². The van der Waals surface area contributed by atoms with Gasteiger partial charge in [0.15, 0.2) is 11.6 Å². The zero-order chi connectivity index (χ0) is 15.1. The summed E-state index contributed by atoms with van der Waals surface area (Å²) in [4.78, 5) is 13.1. The maximum absolute atomic E-state index is 12.0. The largest absolute Gasteiger partial charge is 0.343 e. The Labute approximate surface area is 131 Å². The van der Waals surface area contributed by atoms with Crippen molar-refractivity contribution in [3.8, 4) is 11.4 Å². The molecule has 0 saturated carbocycles. The first kappa shape index (κ1) is 13.9. The van der Waals surface area contributed by atoms with Gasteiger partial charge in [-0.05, 0) is 28.8 Å². The van der Waals surface area contributed by atoms with E-state index in [2.05, 4.69) is 15.5 Å². The highest BCUT2D eigenvalue weighted by Gasteiger charge is 2.45. The van der Waals surface area contributed by atoms with Gasteiger partial charge in [0, 0.05) is 16.9 Å². The second kappa shape index (κ2) is 5.45. The van der Waals surface area contributed by atoms with Crippen molar-refractivity contribution in [3.63, 3.8) is 0 Å². The van der Waals surface area contributed by atoms with Gasteiger partial charge in [0.05, 0.1) is 12.6 Å². The molecule has 7 nitrogen and oxygen atoms in total. The average Bonchev–Trinajstić information content (AvgIpc) is 3.20. The van der Waals surface area contributed by atoms with Crippen LogP contribution in [0.4, 0.5) is 0 Å². The van der Waals surface area contributed by atoms with Crippen molar-refractivity contribution in [3.05, 3.63) is 24.3 Å². The highest BCUT2D eigenvalue weighted by molar-refractivity contribution is 7.98. The van der Waals surface area contributed by atoms with Gasteiger partial charge in [-0.1, -0.05) is 12.1 Å². The van der Waals surface area contributed by atoms with Crippen molar-refractivity contribution in [2.24, 2.45) is 0 Å². The van der Waals surface area contributed by atoms with Crippen LogP contribution in [0.25, 0.3) is 11.4 Å². The van der Waals surface area contributed by atoms with Crippen molar-refractivity contribution in [1.82, 2.24) is 20.2 Å². The van der Waals surface area contributed by atoms with Crippen molar-refractivity contribution in [2.75, 3.05) is 12.9 Å². The number of hydrogen-bond acceptors (Lipinski definition) is 7. The summed E-state index contributed by atoms with van der Waals surface area (Å²) in [5.41, 5.74) is 0.913. The van der Waals surface area contributed by atoms with Gasteiger partial charge < -0.3 is 9.47 Å². The van der Waals surface area contributed by atoms with Crippen LogP contribution in [-0.4, -0.2) is 51.2 Å². The maximum atomic E-state index is 12.0. The second-order valence-electron chi connectivity index (χ2n) is 5.25. The van der Waals surface area contributed by atoms with Crippen molar-refractivity contribution < 1.29 is 14.3 Å². The Hall–Kier alpha value is -1.77. The molecule has 4 rings (SSSR count). The Morgan fingerprint density at radius 3 is 2.91 bits per heavy atom. The zero-order valence-corrected chi connectivity index (χ0v) is 12.7. The van der Waals surface area contributed by atoms with Crippen LogP contribution in [0.1, 0.15) is 12.5 Å². The number of nitrogens with zero attached hydrogens (tertiary/aromatic N) is 4. The van der Waals surface area contributed by atoms with E-state index in [0.717, 1.165) is 5.56 Å². The van der Waals surface area contributed by atoms with Crippen LogP contribution >= 0.6 is 11.8 Å². The number of benzene rings is 1. The summed E-state index contributed by atoms with van der Waals surface area (Å²) in [5, 5.41) is 12.0. The summed E-state index contributed by atoms with van der Waals surface area (Å²) in [5.74, 6) is 0.581. The molecule has 0 spiro atoms. The number of thioether (sulfide) groups is 1. The van der Waals surface area contributed by atoms with Crippen LogP contribution in [0.15, 0.2) is 29.2 Å². The van der Waals surface area contributed by atoms with Gasteiger partial charge in [0.2, 0.25) is 6.29 Å². The molecule has 2 aliphatic rings. The van der Waals surface area contributed by atoms with Crippen LogP contribution in [0.3, 0.4) is 0 Å². The Bertz CT molecular complexity index is 702. The van der Waals surface area contributed by atoms with E-state index >= 15 is 0 Å². The molecule has 2 bridgehead atoms. The monoisotopic (exact) mass is 318 g/mol. The van der Waals surface area contributed by atoms with E-state index in [9.17, 15) is 4.79 Å². The second-order valence-corrected chi connectivity index (χ2v) is 6.13. The molecule has 8 heteroatoms. The number of hydrogen-bond donors (Lipinski definition) is 0. The zero-order valence-electron chi connectivity index (χ0n) is 11.9. The van der Waals surface area contributed by atoms with Crippen molar-refractivity contribution in [2.45, 2.75) is 29.8 Å². The predicted octanol–water partition coefficient (Wildman–Crippen LogP) is 1.32. The molecule has 1 aromatic carbocycles. The Kier molecular flexibility index (Phi) is 3.44. The molecule has 0 radical (unpaired) electrons. The number of rotatable bonds is 3. The molecule has 0 N–H and O–H groups in total. The molecule has 3 atom stereocenters. The van der Waals surface area contributed by atoms with Crippen molar-refractivity contribution >= 4 is 17.5 Å². The lowest BCUT2D eigenvalue weighted by molar-refractivity contribution is -0.156. The summed E-state index contributed by atoms with van der Waals surface area (Å²) >= 11 is 1.68. The molecule has 2 saturated heterocycles. The molecule has 0 amide bonds. The molecule has 3 heterocycles. The molecule has 22 heavy (non-hydrogen) atoms. The molecule has 2 aliphatic heterocycles. The minimum atomic E-state index is -0.706. The van der Waals surface area contributed by atoms with E-state index in [1.807, 2.05) is 30.5 Å². The Morgan fingerprint density at radius 2 is 2.14 bits per heavy atom. The van der Waals surface area contributed by atoms with Gasteiger partial charge in [-0.2, -0.15) is 0 Å². The number of fused-ring (bicyclic) bond motifs is 2. The van der Waals surface area contributed by atoms with Gasteiger partial charge in [0.1, 0.15) is 6.10 Å². The molecule has 2 fully saturated rings. The number of tetrazole rings is 1. The fourth-order valence-corrected chi connectivity index (χ4v) is 3.22. The Balaban J connectivity index is 1.68. The number of ketones is 1. The smallest absolute Gasteiger partial charge is 0.218 e. The molecule has 0 unspecified atom stereocenters. The number of ether oxygens (including phenoxy) is 2. The Morgan fingerprint density at radius 1 is 1.32 bits per heavy atom. The first-order valence-electron chi connectivity index (χ1n) is 6.98. The van der Waals surface area contributed by atoms with E-state index in [4.69, 9.17) is 9.47 Å². The highest BCUT2D eigenvalue weighted by Crippen LogP contribution is 2.34. The van der Waals surface area contributed by atoms with Gasteiger partial charge in [0.25, 0.3) is 0 Å². The predicted molar refractivity (Wildman–Crippen MR) is 78.3 cm³/mol. The van der Waals surface area contributed by atoms with E-state index < -0.39 is 6.29 Å². The molecule has 1 aromatic heterocycles. The molecular weight excluding hydrogens is 304 g/mol. The minimum absolute atomic E-state index is 0.0575. The van der Waals surface area contributed by atoms with E-state index in [1.165, 1.54) is 4.90 Å². The average molecular weight is 318 g/mol. The van der Waals surface area contributed by atoms with Crippen molar-refractivity contribution in [1.29, 1.82) is 0 Å². The SMILES string of the molecule is CSc1ccc(-c2nnnn2[C@@H]2CC(=O)[C@@H]3OC[C@@H]2O3)cc1. The quantitative estimate of drug-likeness (QED) is 0.790. The van der Waals surface area contributed by atoms with E-state index in [0.29, 0.717) is 18.9 Å². The van der Waals surface area contributed by atoms with Crippen LogP contribution < -0.4 is 0 Å². The third-order valence-corrected chi connectivity index (χ3v) is 4.71. The van der Waals surface area contributed by atoms with Gasteiger partial charge in [-0.3, -0.25) is 4.79 Å². The fourth-order valence-electron chi connectivity index (χ4n) is 2.82. The summed E-state index contributed by atoms with van der Waals surface area (Å²) in [6.07, 6.45) is 1.47. The molecule has 0 aliphatic carbocycles. The van der Waals surface area contributed by atoms with Gasteiger partial charge in [-0.25, -0.2) is 4.68 Å². The lowest BCUT2D eigenvalue weighted by Gasteiger charge is -2.26. The van der Waals surface area contributed by atoms with Crippen LogP contribution in [-0.2, 0) is 14.3 Å². The number of carbonyl (C=O) groups excluding carboxylic acids is 1. The summed E-state index contributed by atoms with van der Waals surface area (Å²) in [6.45, 7) is 0.395. The summed E-state index contributed by atoms with van der Waals surface area (Å²) < 4.78 is 12.6. The van der Waals surface area contributed by atoms with Gasteiger partial charge >= 0.3 is 0 Å². The number of carbonyl (C=O) groups is 1. The minimum Gasteiger partial charge on any atom is -0.343 e. The summed E-state index contributed by atoms with van der Waals surface area (Å²) in [6, 6.07) is 7.78. The molecule has 2 aromatic rings. The normalized spacial score (nSPS) is 27.3. The number of aromatic nitrogens is 4. The lowest BCUT2D eigenvalue weighted by Crippen LogP contribution is -2.37. The molecule has 114 valence electrons. The fraction of sp³-hybridized carbons (Fsp3) is 0.429. The molecular formula is C14H14N4O3S. The number of Topliss-reactive ketones (excluding diaryl/α,β-unsaturated/α-hetero) is 1. The first-order chi connectivity index (χ1) is 10.8. The van der Waals surface area contributed by atoms with Crippen LogP contribution in [0.2, 0.25) is 0 Å². The van der Waals surface area contributed by atoms with Gasteiger partial charge in [-0.15, -0.1) is 16.9 Å². The third kappa shape index (κ3) is 2.23.